The number of amidine groups is 1. The Labute approximate surface area is 194 Å². The summed E-state index contributed by atoms with van der Waals surface area (Å²) in [7, 11) is 0. The zero-order valence-corrected chi connectivity index (χ0v) is 18.9. The van der Waals surface area contributed by atoms with E-state index in [0.29, 0.717) is 12.0 Å². The topological polar surface area (TPSA) is 97.4 Å². The molecule has 2 aromatic carbocycles. The summed E-state index contributed by atoms with van der Waals surface area (Å²) in [5, 5.41) is 12.0. The van der Waals surface area contributed by atoms with E-state index < -0.39 is 29.2 Å². The minimum absolute atomic E-state index is 0.0644. The van der Waals surface area contributed by atoms with Gasteiger partial charge in [0.15, 0.2) is 17.7 Å². The van der Waals surface area contributed by atoms with Crippen LogP contribution >= 0.6 is 11.3 Å². The number of amides is 1. The summed E-state index contributed by atoms with van der Waals surface area (Å²) in [6.45, 7) is 2.04. The Bertz CT molecular complexity index is 1090. The van der Waals surface area contributed by atoms with Gasteiger partial charge in [-0.3, -0.25) is 10.2 Å². The Balaban J connectivity index is 1.72. The summed E-state index contributed by atoms with van der Waals surface area (Å²) < 4.78 is 40.7. The average Bonchev–Trinajstić information content (AvgIpc) is 3.32. The standard InChI is InChI=1S/C24H25F2N3O3S/c1-2-31-22(24(30)29-14-15-5-7-16(8-6-15)23(27)28)20-18(25)9-10-19(21(20)26)32-12-11-17-4-3-13-33-17/h3-10,13,22H,2,11-12,14H2,1H3,(H3,27,28)(H,29,30)/t22-/m0/s1. The number of nitrogens with one attached hydrogen (secondary N) is 2. The minimum Gasteiger partial charge on any atom is -0.490 e. The number of benzene rings is 2. The van der Waals surface area contributed by atoms with Gasteiger partial charge in [-0.05, 0) is 36.1 Å². The molecule has 0 aliphatic carbocycles. The lowest BCUT2D eigenvalue weighted by Gasteiger charge is -2.20. The molecular weight excluding hydrogens is 448 g/mol. The number of carbonyl (C=O) groups is 1. The number of hydrogen-bond donors (Lipinski definition) is 3. The monoisotopic (exact) mass is 473 g/mol. The molecule has 0 aliphatic heterocycles. The molecule has 0 radical (unpaired) electrons. The lowest BCUT2D eigenvalue weighted by Crippen LogP contribution is -2.31. The predicted octanol–water partition coefficient (Wildman–Crippen LogP) is 4.33. The first kappa shape index (κ1) is 24.3. The molecule has 6 nitrogen and oxygen atoms in total. The van der Waals surface area contributed by atoms with Gasteiger partial charge in [-0.2, -0.15) is 0 Å². The van der Waals surface area contributed by atoms with Crippen LogP contribution in [0, 0.1) is 17.0 Å². The number of carbonyl (C=O) groups excluding carboxylic acids is 1. The van der Waals surface area contributed by atoms with Gasteiger partial charge in [0.1, 0.15) is 11.7 Å². The molecule has 0 unspecified atom stereocenters. The van der Waals surface area contributed by atoms with Crippen molar-refractivity contribution in [2.24, 2.45) is 5.73 Å². The highest BCUT2D eigenvalue weighted by Gasteiger charge is 2.29. The molecule has 1 amide bonds. The number of hydrogen-bond acceptors (Lipinski definition) is 5. The molecule has 4 N–H and O–H groups in total. The van der Waals surface area contributed by atoms with E-state index in [-0.39, 0.29) is 31.3 Å². The Morgan fingerprint density at radius 1 is 1.18 bits per heavy atom. The molecule has 0 fully saturated rings. The molecule has 3 aromatic rings. The zero-order chi connectivity index (χ0) is 23.8. The van der Waals surface area contributed by atoms with Crippen LogP contribution in [0.4, 0.5) is 8.78 Å². The number of nitrogens with two attached hydrogens (primary N) is 1. The fourth-order valence-electron chi connectivity index (χ4n) is 3.16. The lowest BCUT2D eigenvalue weighted by molar-refractivity contribution is -0.133. The van der Waals surface area contributed by atoms with Crippen molar-refractivity contribution in [2.45, 2.75) is 26.0 Å². The van der Waals surface area contributed by atoms with Crippen molar-refractivity contribution in [3.63, 3.8) is 0 Å². The maximum absolute atomic E-state index is 15.2. The number of halogens is 2. The third-order valence-electron chi connectivity index (χ3n) is 4.84. The van der Waals surface area contributed by atoms with E-state index in [9.17, 15) is 9.18 Å². The Hall–Kier alpha value is -3.30. The second-order valence-corrected chi connectivity index (χ2v) is 8.15. The first-order valence-corrected chi connectivity index (χ1v) is 11.2. The quantitative estimate of drug-likeness (QED) is 0.285. The van der Waals surface area contributed by atoms with E-state index in [4.69, 9.17) is 20.6 Å². The largest absolute Gasteiger partial charge is 0.490 e. The number of nitrogen functional groups attached to an aromatic ring is 1. The average molecular weight is 474 g/mol. The van der Waals surface area contributed by atoms with Crippen LogP contribution in [0.2, 0.25) is 0 Å². The van der Waals surface area contributed by atoms with Crippen LogP contribution in [0.5, 0.6) is 5.75 Å². The van der Waals surface area contributed by atoms with Crippen molar-refractivity contribution in [1.82, 2.24) is 5.32 Å². The first-order valence-electron chi connectivity index (χ1n) is 10.4. The van der Waals surface area contributed by atoms with Crippen LogP contribution in [-0.2, 0) is 22.5 Å². The van der Waals surface area contributed by atoms with Gasteiger partial charge in [0.2, 0.25) is 0 Å². The van der Waals surface area contributed by atoms with Crippen molar-refractivity contribution in [2.75, 3.05) is 13.2 Å². The maximum Gasteiger partial charge on any atom is 0.254 e. The third-order valence-corrected chi connectivity index (χ3v) is 5.78. The summed E-state index contributed by atoms with van der Waals surface area (Å²) in [6.07, 6.45) is -0.894. The van der Waals surface area contributed by atoms with Crippen LogP contribution in [0.3, 0.4) is 0 Å². The van der Waals surface area contributed by atoms with Gasteiger partial charge in [-0.15, -0.1) is 11.3 Å². The van der Waals surface area contributed by atoms with E-state index in [1.165, 1.54) is 6.07 Å². The molecule has 33 heavy (non-hydrogen) atoms. The highest BCUT2D eigenvalue weighted by atomic mass is 32.1. The molecule has 174 valence electrons. The van der Waals surface area contributed by atoms with Gasteiger partial charge in [-0.25, -0.2) is 8.78 Å². The van der Waals surface area contributed by atoms with Gasteiger partial charge in [0.25, 0.3) is 5.91 Å². The Kier molecular flexibility index (Phi) is 8.51. The minimum atomic E-state index is -1.48. The van der Waals surface area contributed by atoms with Gasteiger partial charge in [0.05, 0.1) is 12.2 Å². The molecule has 0 saturated carbocycles. The second kappa shape index (κ2) is 11.5. The Morgan fingerprint density at radius 3 is 2.58 bits per heavy atom. The molecule has 0 spiro atoms. The summed E-state index contributed by atoms with van der Waals surface area (Å²) in [5.74, 6) is -2.73. The maximum atomic E-state index is 15.2. The first-order chi connectivity index (χ1) is 15.9. The van der Waals surface area contributed by atoms with E-state index in [2.05, 4.69) is 5.32 Å². The van der Waals surface area contributed by atoms with E-state index in [1.54, 1.807) is 42.5 Å². The SMILES string of the molecule is CCO[C@H](C(=O)NCc1ccc(C(=N)N)cc1)c1c(F)ccc(OCCc2cccs2)c1F. The van der Waals surface area contributed by atoms with Crippen molar-refractivity contribution in [3.05, 3.63) is 87.1 Å². The van der Waals surface area contributed by atoms with Crippen LogP contribution in [0.25, 0.3) is 0 Å². The molecule has 0 bridgehead atoms. The normalized spacial score (nSPS) is 11.7. The summed E-state index contributed by atoms with van der Waals surface area (Å²) >= 11 is 1.57. The Morgan fingerprint density at radius 2 is 1.94 bits per heavy atom. The fourth-order valence-corrected chi connectivity index (χ4v) is 3.85. The molecule has 9 heteroatoms. The van der Waals surface area contributed by atoms with E-state index >= 15 is 4.39 Å². The molecule has 0 aliphatic rings. The van der Waals surface area contributed by atoms with Crippen molar-refractivity contribution in [1.29, 1.82) is 5.41 Å². The second-order valence-electron chi connectivity index (χ2n) is 7.11. The zero-order valence-electron chi connectivity index (χ0n) is 18.1. The molecule has 0 saturated heterocycles. The number of thiophene rings is 1. The number of ether oxygens (including phenoxy) is 2. The van der Waals surface area contributed by atoms with Crippen LogP contribution in [-0.4, -0.2) is 25.0 Å². The third kappa shape index (κ3) is 6.36. The van der Waals surface area contributed by atoms with Crippen LogP contribution in [0.15, 0.2) is 53.9 Å². The summed E-state index contributed by atoms with van der Waals surface area (Å²) in [6, 6.07) is 12.9. The van der Waals surface area contributed by atoms with E-state index in [0.717, 1.165) is 16.5 Å². The van der Waals surface area contributed by atoms with Gasteiger partial charge >= 0.3 is 0 Å². The highest BCUT2D eigenvalue weighted by molar-refractivity contribution is 7.09. The van der Waals surface area contributed by atoms with Gasteiger partial charge in [0, 0.05) is 30.0 Å². The smallest absolute Gasteiger partial charge is 0.254 e. The predicted molar refractivity (Wildman–Crippen MR) is 124 cm³/mol. The van der Waals surface area contributed by atoms with Crippen LogP contribution < -0.4 is 15.8 Å². The number of rotatable bonds is 11. The van der Waals surface area contributed by atoms with Gasteiger partial charge < -0.3 is 20.5 Å². The van der Waals surface area contributed by atoms with E-state index in [1.807, 2.05) is 17.5 Å². The molecule has 1 aromatic heterocycles. The molecule has 1 atom stereocenters. The highest BCUT2D eigenvalue weighted by Crippen LogP contribution is 2.30. The fraction of sp³-hybridized carbons (Fsp3) is 0.250. The van der Waals surface area contributed by atoms with Crippen molar-refractivity contribution < 1.29 is 23.0 Å². The summed E-state index contributed by atoms with van der Waals surface area (Å²) in [4.78, 5) is 13.9. The van der Waals surface area contributed by atoms with Crippen molar-refractivity contribution >= 4 is 23.1 Å². The van der Waals surface area contributed by atoms with Gasteiger partial charge in [-0.1, -0.05) is 30.3 Å². The van der Waals surface area contributed by atoms with Crippen molar-refractivity contribution in [3.8, 4) is 5.75 Å². The summed E-state index contributed by atoms with van der Waals surface area (Å²) in [5.41, 5.74) is 6.23. The molecular formula is C24H25F2N3O3S. The lowest BCUT2D eigenvalue weighted by atomic mass is 10.1. The molecule has 1 heterocycles. The van der Waals surface area contributed by atoms with Crippen LogP contribution in [0.1, 0.15) is 34.6 Å². The molecule has 3 rings (SSSR count).